The molecule has 0 saturated heterocycles. The van der Waals surface area contributed by atoms with Gasteiger partial charge in [-0.2, -0.15) is 0 Å². The largest absolute Gasteiger partial charge is 0.480 e. The van der Waals surface area contributed by atoms with Gasteiger partial charge in [-0.05, 0) is 18.6 Å². The van der Waals surface area contributed by atoms with Gasteiger partial charge < -0.3 is 4.74 Å². The van der Waals surface area contributed by atoms with Crippen LogP contribution in [-0.4, -0.2) is 12.2 Å². The first-order valence-corrected chi connectivity index (χ1v) is 2.81. The molecule has 2 heteroatoms. The highest BCUT2D eigenvalue weighted by Crippen LogP contribution is 1.84. The molecule has 0 spiro atoms. The smallest absolute Gasteiger partial charge is 0.239 e. The van der Waals surface area contributed by atoms with Gasteiger partial charge in [-0.25, -0.2) is 0 Å². The summed E-state index contributed by atoms with van der Waals surface area (Å²) in [5.74, 6) is 0. The zero-order valence-electron chi connectivity index (χ0n) is 4.44. The molecule has 0 bridgehead atoms. The lowest BCUT2D eigenvalue weighted by Crippen LogP contribution is -1.87. The highest BCUT2D eigenvalue weighted by Gasteiger charge is 1.77. The Balaban J connectivity index is 2.56. The lowest BCUT2D eigenvalue weighted by Gasteiger charge is -1.91. The molecule has 41 valence electrons. The molecule has 0 saturated carbocycles. The van der Waals surface area contributed by atoms with Crippen molar-refractivity contribution in [2.24, 2.45) is 0 Å². The summed E-state index contributed by atoms with van der Waals surface area (Å²) < 4.78 is 4.64. The van der Waals surface area contributed by atoms with Crippen molar-refractivity contribution in [3.05, 3.63) is 0 Å². The van der Waals surface area contributed by atoms with Crippen LogP contribution in [0.2, 0.25) is 0 Å². The number of unbranched alkanes of at least 4 members (excludes halogenated alkanes) is 1. The van der Waals surface area contributed by atoms with E-state index in [9.17, 15) is 0 Å². The number of rotatable bonds is 4. The zero-order valence-corrected chi connectivity index (χ0v) is 5.25. The molecule has 0 rings (SSSR count). The summed E-state index contributed by atoms with van der Waals surface area (Å²) in [6.07, 6.45) is 2.22. The molecule has 0 amide bonds. The molecule has 0 aromatic carbocycles. The average molecular weight is 117 g/mol. The minimum atomic E-state index is 0.722. The molecule has 0 heterocycles. The second kappa shape index (κ2) is 5.89. The van der Waals surface area contributed by atoms with Crippen LogP contribution in [-0.2, 0) is 4.74 Å². The van der Waals surface area contributed by atoms with Gasteiger partial charge in [-0.3, -0.25) is 0 Å². The summed E-state index contributed by atoms with van der Waals surface area (Å²) >= 11 is 4.29. The molecule has 0 aliphatic heterocycles. The third-order valence-corrected chi connectivity index (χ3v) is 0.777. The fourth-order valence-electron chi connectivity index (χ4n) is 0.258. The second-order valence-corrected chi connectivity index (χ2v) is 1.45. The van der Waals surface area contributed by atoms with Gasteiger partial charge in [-0.15, -0.1) is 0 Å². The summed E-state index contributed by atoms with van der Waals surface area (Å²) in [4.78, 5) is 0. The minimum absolute atomic E-state index is 0.722. The van der Waals surface area contributed by atoms with Gasteiger partial charge in [0, 0.05) is 0 Å². The van der Waals surface area contributed by atoms with Crippen molar-refractivity contribution in [1.29, 1.82) is 0 Å². The maximum Gasteiger partial charge on any atom is 0.239 e. The van der Waals surface area contributed by atoms with Crippen LogP contribution in [0.3, 0.4) is 0 Å². The molecule has 1 nitrogen and oxygen atoms in total. The van der Waals surface area contributed by atoms with Crippen LogP contribution in [0.25, 0.3) is 0 Å². The highest BCUT2D eigenvalue weighted by molar-refractivity contribution is 7.78. The average Bonchev–Trinajstić information content (AvgIpc) is 1.69. The van der Waals surface area contributed by atoms with Crippen LogP contribution in [0.15, 0.2) is 0 Å². The van der Waals surface area contributed by atoms with Gasteiger partial charge in [0.2, 0.25) is 5.55 Å². The van der Waals surface area contributed by atoms with Crippen molar-refractivity contribution in [3.8, 4) is 0 Å². The van der Waals surface area contributed by atoms with E-state index in [2.05, 4.69) is 29.4 Å². The van der Waals surface area contributed by atoms with Crippen molar-refractivity contribution in [3.63, 3.8) is 0 Å². The van der Waals surface area contributed by atoms with Crippen molar-refractivity contribution >= 4 is 17.8 Å². The Bertz CT molecular complexity index is 45.3. The Morgan fingerprint density at radius 3 is 2.86 bits per heavy atom. The van der Waals surface area contributed by atoms with Crippen LogP contribution < -0.4 is 0 Å². The van der Waals surface area contributed by atoms with Gasteiger partial charge in [0.1, 0.15) is 0 Å². The predicted molar refractivity (Wildman–Crippen MR) is 33.5 cm³/mol. The van der Waals surface area contributed by atoms with Crippen molar-refractivity contribution < 1.29 is 4.74 Å². The van der Waals surface area contributed by atoms with Crippen molar-refractivity contribution in [1.82, 2.24) is 0 Å². The van der Waals surface area contributed by atoms with Gasteiger partial charge in [0.15, 0.2) is 0 Å². The molecule has 0 unspecified atom stereocenters. The third kappa shape index (κ3) is 5.89. The Hall–Kier alpha value is -0.110. The van der Waals surface area contributed by atoms with Gasteiger partial charge in [0.05, 0.1) is 6.61 Å². The molecule has 7 heavy (non-hydrogen) atoms. The van der Waals surface area contributed by atoms with E-state index in [1.807, 2.05) is 0 Å². The second-order valence-electron chi connectivity index (χ2n) is 1.29. The van der Waals surface area contributed by atoms with Crippen LogP contribution in [0.4, 0.5) is 0 Å². The fourth-order valence-corrected chi connectivity index (χ4v) is 0.342. The summed E-state index contributed by atoms with van der Waals surface area (Å²) in [5.41, 5.74) is 2.19. The lowest BCUT2D eigenvalue weighted by molar-refractivity contribution is 0.318. The fraction of sp³-hybridized carbons (Fsp3) is 0.800. The lowest BCUT2D eigenvalue weighted by atomic mass is 10.4. The number of thiocarbonyl (C=S) groups is 1. The van der Waals surface area contributed by atoms with E-state index < -0.39 is 0 Å². The zero-order chi connectivity index (χ0) is 5.54. The van der Waals surface area contributed by atoms with E-state index >= 15 is 0 Å². The van der Waals surface area contributed by atoms with Crippen molar-refractivity contribution in [2.45, 2.75) is 19.8 Å². The van der Waals surface area contributed by atoms with Gasteiger partial charge in [0.25, 0.3) is 0 Å². The Kier molecular flexibility index (Phi) is 5.80. The van der Waals surface area contributed by atoms with Crippen LogP contribution in [0.5, 0.6) is 0 Å². The molecule has 0 aliphatic carbocycles. The Morgan fingerprint density at radius 1 is 1.71 bits per heavy atom. The minimum Gasteiger partial charge on any atom is -0.480 e. The quantitative estimate of drug-likeness (QED) is 0.409. The number of hydrogen-bond donors (Lipinski definition) is 0. The molecule has 0 fully saturated rings. The Morgan fingerprint density at radius 2 is 2.43 bits per heavy atom. The maximum absolute atomic E-state index is 4.64. The van der Waals surface area contributed by atoms with E-state index in [1.165, 1.54) is 0 Å². The van der Waals surface area contributed by atoms with Gasteiger partial charge in [-0.1, -0.05) is 13.3 Å². The summed E-state index contributed by atoms with van der Waals surface area (Å²) in [6, 6.07) is 0. The summed E-state index contributed by atoms with van der Waals surface area (Å²) in [5, 5.41) is 0. The van der Waals surface area contributed by atoms with E-state index in [-0.39, 0.29) is 0 Å². The summed E-state index contributed by atoms with van der Waals surface area (Å²) in [6.45, 7) is 2.83. The number of ether oxygens (including phenoxy) is 1. The SMILES string of the molecule is CCCCO[C]=S. The highest BCUT2D eigenvalue weighted by atomic mass is 32.1. The van der Waals surface area contributed by atoms with Crippen molar-refractivity contribution in [2.75, 3.05) is 6.61 Å². The topological polar surface area (TPSA) is 9.23 Å². The third-order valence-electron chi connectivity index (χ3n) is 0.659. The molecule has 0 N–H and O–H groups in total. The van der Waals surface area contributed by atoms with Gasteiger partial charge >= 0.3 is 0 Å². The Labute approximate surface area is 49.7 Å². The predicted octanol–water partition coefficient (Wildman–Crippen LogP) is 1.64. The number of hydrogen-bond acceptors (Lipinski definition) is 2. The maximum atomic E-state index is 4.64. The first-order chi connectivity index (χ1) is 3.41. The molecule has 0 atom stereocenters. The first kappa shape index (κ1) is 6.89. The van der Waals surface area contributed by atoms with Crippen LogP contribution >= 0.6 is 12.2 Å². The van der Waals surface area contributed by atoms with E-state index in [4.69, 9.17) is 0 Å². The molecule has 0 aromatic heterocycles. The standard InChI is InChI=1S/C5H9OS/c1-2-3-4-6-5-7/h2-4H2,1H3. The van der Waals surface area contributed by atoms with Crippen LogP contribution in [0, 0.1) is 0 Å². The van der Waals surface area contributed by atoms with E-state index in [1.54, 1.807) is 0 Å². The molecular formula is C5H9OS. The molecular weight excluding hydrogens is 108 g/mol. The van der Waals surface area contributed by atoms with E-state index in [0.29, 0.717) is 0 Å². The normalized spacial score (nSPS) is 8.14. The monoisotopic (exact) mass is 117 g/mol. The molecule has 1 radical (unpaired) electrons. The van der Waals surface area contributed by atoms with Crippen LogP contribution in [0.1, 0.15) is 19.8 Å². The first-order valence-electron chi connectivity index (χ1n) is 2.40. The van der Waals surface area contributed by atoms with E-state index in [0.717, 1.165) is 19.4 Å². The summed E-state index contributed by atoms with van der Waals surface area (Å²) in [7, 11) is 0. The molecule has 0 aliphatic rings. The molecule has 0 aromatic rings.